The molecule has 0 amide bonds. The van der Waals surface area contributed by atoms with E-state index in [9.17, 15) is 0 Å². The monoisotopic (exact) mass is 1110 g/mol. The SMILES string of the molecule is CCCCCCCCCc1ccc(COP(Oc2ccc(CCCCCCCCC)cc2)Oc2c(-c3cc(C(C)(C)C)cc(C(C)(C)C)c3Op3oc4ccccc4c4ccccc4o3)cc(C(C)(C)C)cc2C(C)(C)C)cc1. The van der Waals surface area contributed by atoms with Crippen LogP contribution >= 0.6 is 16.8 Å². The van der Waals surface area contributed by atoms with Crippen molar-refractivity contribution in [2.75, 3.05) is 0 Å². The maximum Gasteiger partial charge on any atom is 0.463 e. The maximum absolute atomic E-state index is 7.54. The Morgan fingerprint density at radius 2 is 0.823 bits per heavy atom. The second-order valence-electron chi connectivity index (χ2n) is 26.2. The fourth-order valence-electron chi connectivity index (χ4n) is 10.1. The van der Waals surface area contributed by atoms with Gasteiger partial charge in [-0.2, -0.15) is 0 Å². The Hall–Kier alpha value is -4.99. The number of hydrogen-bond acceptors (Lipinski definition) is 6. The minimum absolute atomic E-state index is 0.218. The van der Waals surface area contributed by atoms with Gasteiger partial charge in [-0.05, 0) is 112 Å². The summed E-state index contributed by atoms with van der Waals surface area (Å²) in [5.41, 5.74) is 10.3. The van der Waals surface area contributed by atoms with Gasteiger partial charge in [0.2, 0.25) is 0 Å². The molecule has 0 N–H and O–H groups in total. The number of benzene rings is 6. The van der Waals surface area contributed by atoms with Crippen molar-refractivity contribution in [1.29, 1.82) is 0 Å². The summed E-state index contributed by atoms with van der Waals surface area (Å²) in [5, 5.41) is 1.93. The second kappa shape index (κ2) is 28.1. The Labute approximate surface area is 479 Å². The predicted octanol–water partition coefficient (Wildman–Crippen LogP) is 23.5. The first-order valence-electron chi connectivity index (χ1n) is 30.0. The van der Waals surface area contributed by atoms with E-state index < -0.39 is 16.8 Å². The van der Waals surface area contributed by atoms with Gasteiger partial charge in [0.25, 0.3) is 0 Å². The van der Waals surface area contributed by atoms with E-state index in [0.717, 1.165) is 51.4 Å². The van der Waals surface area contributed by atoms with Crippen LogP contribution in [-0.4, -0.2) is 0 Å². The van der Waals surface area contributed by atoms with E-state index in [1.54, 1.807) is 0 Å². The molecule has 0 aliphatic heterocycles. The van der Waals surface area contributed by atoms with Crippen LogP contribution in [0.4, 0.5) is 0 Å². The molecule has 0 saturated carbocycles. The number of hydrogen-bond donors (Lipinski definition) is 0. The summed E-state index contributed by atoms with van der Waals surface area (Å²) < 4.78 is 42.6. The molecule has 6 aromatic carbocycles. The Balaban J connectivity index is 1.35. The van der Waals surface area contributed by atoms with Crippen LogP contribution in [0.1, 0.15) is 226 Å². The summed E-state index contributed by atoms with van der Waals surface area (Å²) in [6, 6.07) is 43.1. The zero-order valence-electron chi connectivity index (χ0n) is 50.9. The van der Waals surface area contributed by atoms with Gasteiger partial charge in [-0.3, -0.25) is 4.52 Å². The molecule has 7 rings (SSSR count). The van der Waals surface area contributed by atoms with E-state index in [4.69, 9.17) is 26.5 Å². The third-order valence-corrected chi connectivity index (χ3v) is 17.2. The molecule has 1 aromatic heterocycles. The standard InChI is InChI=1S/C71H96O6P2/c1-15-17-19-21-23-25-27-33-52-39-41-54(42-40-52)51-72-78(73-57-45-43-53(44-46-57)34-28-26-24-22-20-18-16-2)76-66-60(47-55(68(3,4)5)49-62(66)70(9,10)11)61-48-56(69(6,7)8)50-63(71(12,13)14)67(61)77-79-74-64-37-31-29-35-58(64)59-36-30-32-38-65(59)75-79/h29-32,35-50H,15-28,33-34,51H2,1-14H3. The van der Waals surface area contributed by atoms with Gasteiger partial charge in [-0.1, -0.05) is 259 Å². The average molecular weight is 1110 g/mol. The average Bonchev–Trinajstić information content (AvgIpc) is 3.74. The molecule has 0 aliphatic carbocycles. The first-order valence-corrected chi connectivity index (χ1v) is 32.2. The highest BCUT2D eigenvalue weighted by Crippen LogP contribution is 2.55. The van der Waals surface area contributed by atoms with E-state index in [1.165, 1.54) is 112 Å². The normalized spacial score (nSPS) is 12.8. The predicted molar refractivity (Wildman–Crippen MR) is 338 cm³/mol. The molecule has 426 valence electrons. The topological polar surface area (TPSA) is 63.2 Å². The molecule has 0 saturated heterocycles. The number of unbranched alkanes of at least 4 members (excludes halogenated alkanes) is 12. The van der Waals surface area contributed by atoms with Crippen LogP contribution in [0.3, 0.4) is 0 Å². The molecule has 0 fully saturated rings. The van der Waals surface area contributed by atoms with Crippen molar-refractivity contribution in [3.8, 4) is 28.4 Å². The molecule has 8 heteroatoms. The van der Waals surface area contributed by atoms with E-state index in [-0.39, 0.29) is 21.7 Å². The lowest BCUT2D eigenvalue weighted by Crippen LogP contribution is -2.20. The van der Waals surface area contributed by atoms with Crippen molar-refractivity contribution in [3.05, 3.63) is 160 Å². The minimum atomic E-state index is -2.04. The van der Waals surface area contributed by atoms with E-state index >= 15 is 0 Å². The molecular weight excluding hydrogens is 1010 g/mol. The summed E-state index contributed by atoms with van der Waals surface area (Å²) in [7, 11) is -4.05. The first-order chi connectivity index (χ1) is 37.6. The number of aryl methyl sites for hydroxylation is 2. The molecule has 0 spiro atoms. The molecule has 1 atom stereocenters. The van der Waals surface area contributed by atoms with Gasteiger partial charge in [0, 0.05) is 33.0 Å². The molecule has 1 unspecified atom stereocenters. The van der Waals surface area contributed by atoms with Gasteiger partial charge >= 0.3 is 16.8 Å². The lowest BCUT2D eigenvalue weighted by atomic mass is 9.75. The van der Waals surface area contributed by atoms with Crippen LogP contribution in [0, 0.1) is 0 Å². The zero-order chi connectivity index (χ0) is 56.8. The van der Waals surface area contributed by atoms with Crippen molar-refractivity contribution < 1.29 is 26.5 Å². The smallest absolute Gasteiger partial charge is 0.418 e. The molecular formula is C71H96O6P2. The van der Waals surface area contributed by atoms with Gasteiger partial charge in [0.1, 0.15) is 28.4 Å². The van der Waals surface area contributed by atoms with Gasteiger partial charge in [0.05, 0.1) is 6.61 Å². The highest BCUT2D eigenvalue weighted by molar-refractivity contribution is 7.42. The van der Waals surface area contributed by atoms with Gasteiger partial charge in [-0.25, -0.2) is 0 Å². The van der Waals surface area contributed by atoms with Gasteiger partial charge in [0.15, 0.2) is 0 Å². The Bertz CT molecular complexity index is 2990. The summed E-state index contributed by atoms with van der Waals surface area (Å²) in [5.74, 6) is 2.11. The van der Waals surface area contributed by atoms with Crippen LogP contribution in [0.5, 0.6) is 17.2 Å². The maximum atomic E-state index is 7.54. The first kappa shape index (κ1) is 61.6. The fraction of sp³-hybridized carbons (Fsp3) is 0.493. The largest absolute Gasteiger partial charge is 0.463 e. The Morgan fingerprint density at radius 1 is 0.418 bits per heavy atom. The van der Waals surface area contributed by atoms with E-state index in [0.29, 0.717) is 35.0 Å². The zero-order valence-corrected chi connectivity index (χ0v) is 52.7. The van der Waals surface area contributed by atoms with Gasteiger partial charge in [-0.15, -0.1) is 0 Å². The van der Waals surface area contributed by atoms with Crippen molar-refractivity contribution >= 4 is 38.8 Å². The summed E-state index contributed by atoms with van der Waals surface area (Å²) >= 11 is 0. The summed E-state index contributed by atoms with van der Waals surface area (Å²) in [6.07, 6.45) is 20.3. The Morgan fingerprint density at radius 3 is 1.28 bits per heavy atom. The summed E-state index contributed by atoms with van der Waals surface area (Å²) in [4.78, 5) is 0. The quantitative estimate of drug-likeness (QED) is 0.0398. The molecule has 0 radical (unpaired) electrons. The van der Waals surface area contributed by atoms with E-state index in [2.05, 4.69) is 182 Å². The van der Waals surface area contributed by atoms with Crippen molar-refractivity contribution in [2.24, 2.45) is 0 Å². The number of para-hydroxylation sites is 2. The van der Waals surface area contributed by atoms with E-state index in [1.807, 2.05) is 36.4 Å². The minimum Gasteiger partial charge on any atom is -0.418 e. The molecule has 7 aromatic rings. The number of fused-ring (bicyclic) bond motifs is 3. The molecule has 0 bridgehead atoms. The van der Waals surface area contributed by atoms with Gasteiger partial charge < -0.3 is 22.0 Å². The summed E-state index contributed by atoms with van der Waals surface area (Å²) in [6.45, 7) is 32.1. The molecule has 1 heterocycles. The molecule has 79 heavy (non-hydrogen) atoms. The third-order valence-electron chi connectivity index (χ3n) is 15.2. The molecule has 6 nitrogen and oxygen atoms in total. The molecule has 0 aliphatic rings. The van der Waals surface area contributed by atoms with Crippen LogP contribution in [0.15, 0.2) is 130 Å². The lowest BCUT2D eigenvalue weighted by molar-refractivity contribution is 0.255. The lowest BCUT2D eigenvalue weighted by Gasteiger charge is -2.32. The van der Waals surface area contributed by atoms with Crippen LogP contribution in [0.25, 0.3) is 33.1 Å². The highest BCUT2D eigenvalue weighted by Gasteiger charge is 2.35. The Kier molecular flexibility index (Phi) is 21.9. The van der Waals surface area contributed by atoms with Crippen molar-refractivity contribution in [1.82, 2.24) is 0 Å². The highest BCUT2D eigenvalue weighted by atomic mass is 31.2. The van der Waals surface area contributed by atoms with Crippen LogP contribution in [-0.2, 0) is 45.6 Å². The fourth-order valence-corrected chi connectivity index (χ4v) is 12.2. The third kappa shape index (κ3) is 17.8. The van der Waals surface area contributed by atoms with Crippen LogP contribution < -0.4 is 13.6 Å². The number of rotatable bonds is 26. The van der Waals surface area contributed by atoms with Crippen LogP contribution in [0.2, 0.25) is 0 Å². The van der Waals surface area contributed by atoms with Crippen molar-refractivity contribution in [2.45, 2.75) is 228 Å². The second-order valence-corrected chi connectivity index (χ2v) is 28.2. The van der Waals surface area contributed by atoms with Crippen molar-refractivity contribution in [3.63, 3.8) is 0 Å².